The molecule has 8 heteroatoms. The van der Waals surface area contributed by atoms with E-state index in [1.54, 1.807) is 23.2 Å². The van der Waals surface area contributed by atoms with E-state index in [4.69, 9.17) is 9.47 Å². The number of piperidine rings is 1. The molecule has 5 rings (SSSR count). The standard InChI is InChI=1S/C33H38N4O4/c38-32(37-18-20-40-21-19-37)25-41-31-12-8-28(9-13-31)23-34-35-33(39)30-10-6-29(7-11-30)24-36-16-14-27(15-17-36)22-26-4-2-1-3-5-26/h1-13,23,27H,14-22,24-25H2,(H,35,39)/b34-23-. The largest absolute Gasteiger partial charge is 0.484 e. The van der Waals surface area contributed by atoms with Gasteiger partial charge in [-0.1, -0.05) is 42.5 Å². The summed E-state index contributed by atoms with van der Waals surface area (Å²) in [5.74, 6) is 1.05. The van der Waals surface area contributed by atoms with E-state index in [-0.39, 0.29) is 18.4 Å². The van der Waals surface area contributed by atoms with E-state index >= 15 is 0 Å². The first kappa shape index (κ1) is 28.5. The molecule has 0 spiro atoms. The topological polar surface area (TPSA) is 83.5 Å². The summed E-state index contributed by atoms with van der Waals surface area (Å²) < 4.78 is 10.9. The van der Waals surface area contributed by atoms with Crippen LogP contribution in [-0.2, 0) is 22.5 Å². The van der Waals surface area contributed by atoms with Crippen molar-refractivity contribution in [1.29, 1.82) is 0 Å². The second kappa shape index (κ2) is 14.6. The van der Waals surface area contributed by atoms with Crippen LogP contribution >= 0.6 is 0 Å². The fourth-order valence-electron chi connectivity index (χ4n) is 5.25. The molecule has 41 heavy (non-hydrogen) atoms. The summed E-state index contributed by atoms with van der Waals surface area (Å²) in [6, 6.07) is 25.7. The highest BCUT2D eigenvalue weighted by molar-refractivity contribution is 5.94. The van der Waals surface area contributed by atoms with Crippen LogP contribution in [0, 0.1) is 5.92 Å². The van der Waals surface area contributed by atoms with Gasteiger partial charge in [-0.05, 0) is 91.4 Å². The maximum atomic E-state index is 12.6. The molecule has 3 aromatic carbocycles. The quantitative estimate of drug-likeness (QED) is 0.301. The molecule has 2 amide bonds. The van der Waals surface area contributed by atoms with Crippen molar-refractivity contribution in [1.82, 2.24) is 15.2 Å². The van der Waals surface area contributed by atoms with Crippen molar-refractivity contribution >= 4 is 18.0 Å². The lowest BCUT2D eigenvalue weighted by molar-refractivity contribution is -0.137. The average molecular weight is 555 g/mol. The number of likely N-dealkylation sites (tertiary alicyclic amines) is 1. The Labute approximate surface area is 241 Å². The van der Waals surface area contributed by atoms with E-state index in [0.717, 1.165) is 31.1 Å². The Kier molecular flexibility index (Phi) is 10.1. The second-order valence-electron chi connectivity index (χ2n) is 10.7. The highest BCUT2D eigenvalue weighted by atomic mass is 16.5. The maximum absolute atomic E-state index is 12.6. The first-order valence-corrected chi connectivity index (χ1v) is 14.4. The van der Waals surface area contributed by atoms with Crippen molar-refractivity contribution in [2.45, 2.75) is 25.8 Å². The van der Waals surface area contributed by atoms with Crippen molar-refractivity contribution in [3.05, 3.63) is 101 Å². The Morgan fingerprint density at radius 2 is 1.59 bits per heavy atom. The third-order valence-electron chi connectivity index (χ3n) is 7.68. The van der Waals surface area contributed by atoms with Crippen LogP contribution in [0.1, 0.15) is 39.9 Å². The SMILES string of the molecule is O=C(N/N=C\c1ccc(OCC(=O)N2CCOCC2)cc1)c1ccc(CN2CCC(Cc3ccccc3)CC2)cc1. The lowest BCUT2D eigenvalue weighted by Crippen LogP contribution is -2.42. The molecule has 1 N–H and O–H groups in total. The molecule has 2 aliphatic heterocycles. The molecule has 0 bridgehead atoms. The summed E-state index contributed by atoms with van der Waals surface area (Å²) in [5, 5.41) is 4.09. The summed E-state index contributed by atoms with van der Waals surface area (Å²) in [6.07, 6.45) is 5.18. The van der Waals surface area contributed by atoms with Gasteiger partial charge in [-0.3, -0.25) is 14.5 Å². The molecule has 2 aliphatic rings. The van der Waals surface area contributed by atoms with Crippen LogP contribution in [0.3, 0.4) is 0 Å². The van der Waals surface area contributed by atoms with Crippen LogP contribution < -0.4 is 10.2 Å². The van der Waals surface area contributed by atoms with Gasteiger partial charge in [0, 0.05) is 25.2 Å². The van der Waals surface area contributed by atoms with Crippen molar-refractivity contribution < 1.29 is 19.1 Å². The molecule has 0 aromatic heterocycles. The molecule has 0 radical (unpaired) electrons. The lowest BCUT2D eigenvalue weighted by Gasteiger charge is -2.32. The lowest BCUT2D eigenvalue weighted by atomic mass is 9.90. The van der Waals surface area contributed by atoms with Crippen molar-refractivity contribution in [3.8, 4) is 5.75 Å². The van der Waals surface area contributed by atoms with Crippen LogP contribution in [0.25, 0.3) is 0 Å². The molecule has 0 saturated carbocycles. The van der Waals surface area contributed by atoms with Gasteiger partial charge in [0.05, 0.1) is 19.4 Å². The van der Waals surface area contributed by atoms with Gasteiger partial charge in [-0.2, -0.15) is 5.10 Å². The first-order valence-electron chi connectivity index (χ1n) is 14.4. The predicted octanol–water partition coefficient (Wildman–Crippen LogP) is 4.14. The van der Waals surface area contributed by atoms with Gasteiger partial charge in [-0.25, -0.2) is 5.43 Å². The molecule has 3 aromatic rings. The smallest absolute Gasteiger partial charge is 0.271 e. The molecular formula is C33H38N4O4. The van der Waals surface area contributed by atoms with E-state index in [9.17, 15) is 9.59 Å². The van der Waals surface area contributed by atoms with Gasteiger partial charge in [0.15, 0.2) is 6.61 Å². The Balaban J connectivity index is 1.01. The van der Waals surface area contributed by atoms with E-state index in [0.29, 0.717) is 37.6 Å². The van der Waals surface area contributed by atoms with Gasteiger partial charge >= 0.3 is 0 Å². The minimum Gasteiger partial charge on any atom is -0.484 e. The number of rotatable bonds is 10. The van der Waals surface area contributed by atoms with Crippen molar-refractivity contribution in [2.24, 2.45) is 11.0 Å². The Bertz CT molecular complexity index is 1280. The highest BCUT2D eigenvalue weighted by Crippen LogP contribution is 2.23. The van der Waals surface area contributed by atoms with Crippen LogP contribution in [-0.4, -0.2) is 73.8 Å². The number of hydrogen-bond donors (Lipinski definition) is 1. The maximum Gasteiger partial charge on any atom is 0.271 e. The van der Waals surface area contributed by atoms with Gasteiger partial charge in [0.25, 0.3) is 11.8 Å². The van der Waals surface area contributed by atoms with Gasteiger partial charge < -0.3 is 14.4 Å². The zero-order valence-electron chi connectivity index (χ0n) is 23.4. The molecule has 2 fully saturated rings. The fourth-order valence-corrected chi connectivity index (χ4v) is 5.25. The number of amides is 2. The number of carbonyl (C=O) groups excluding carboxylic acids is 2. The minimum absolute atomic E-state index is 0.00443. The summed E-state index contributed by atoms with van der Waals surface area (Å²) in [5.41, 5.74) is 6.61. The number of ether oxygens (including phenoxy) is 2. The molecule has 0 aliphatic carbocycles. The van der Waals surface area contributed by atoms with Crippen LogP contribution in [0.2, 0.25) is 0 Å². The average Bonchev–Trinajstić information content (AvgIpc) is 3.03. The third-order valence-corrected chi connectivity index (χ3v) is 7.68. The van der Waals surface area contributed by atoms with Gasteiger partial charge in [0.2, 0.25) is 0 Å². The minimum atomic E-state index is -0.254. The monoisotopic (exact) mass is 554 g/mol. The van der Waals surface area contributed by atoms with E-state index in [2.05, 4.69) is 45.8 Å². The zero-order valence-corrected chi connectivity index (χ0v) is 23.4. The van der Waals surface area contributed by atoms with Crippen LogP contribution in [0.4, 0.5) is 0 Å². The summed E-state index contributed by atoms with van der Waals surface area (Å²) >= 11 is 0. The van der Waals surface area contributed by atoms with Crippen molar-refractivity contribution in [2.75, 3.05) is 46.0 Å². The number of nitrogens with zero attached hydrogens (tertiary/aromatic N) is 3. The number of nitrogens with one attached hydrogen (secondary N) is 1. The molecule has 2 heterocycles. The molecule has 8 nitrogen and oxygen atoms in total. The normalized spacial score (nSPS) is 16.5. The summed E-state index contributed by atoms with van der Waals surface area (Å²) in [7, 11) is 0. The van der Waals surface area contributed by atoms with Crippen molar-refractivity contribution in [3.63, 3.8) is 0 Å². The summed E-state index contributed by atoms with van der Waals surface area (Å²) in [6.45, 7) is 5.44. The first-order chi connectivity index (χ1) is 20.1. The zero-order chi connectivity index (χ0) is 28.3. The molecule has 2 saturated heterocycles. The Morgan fingerprint density at radius 1 is 0.878 bits per heavy atom. The molecular weight excluding hydrogens is 516 g/mol. The molecule has 0 atom stereocenters. The summed E-state index contributed by atoms with van der Waals surface area (Å²) in [4.78, 5) is 29.0. The predicted molar refractivity (Wildman–Crippen MR) is 159 cm³/mol. The van der Waals surface area contributed by atoms with Gasteiger partial charge in [-0.15, -0.1) is 0 Å². The van der Waals surface area contributed by atoms with E-state index in [1.165, 1.54) is 30.4 Å². The van der Waals surface area contributed by atoms with Crippen LogP contribution in [0.15, 0.2) is 84.0 Å². The van der Waals surface area contributed by atoms with Gasteiger partial charge in [0.1, 0.15) is 5.75 Å². The fraction of sp³-hybridized carbons (Fsp3) is 0.364. The Morgan fingerprint density at radius 3 is 2.29 bits per heavy atom. The molecule has 0 unspecified atom stereocenters. The number of morpholine rings is 1. The second-order valence-corrected chi connectivity index (χ2v) is 10.7. The highest BCUT2D eigenvalue weighted by Gasteiger charge is 2.20. The van der Waals surface area contributed by atoms with Crippen LogP contribution in [0.5, 0.6) is 5.75 Å². The Hall–Kier alpha value is -4.01. The third kappa shape index (κ3) is 8.74. The number of carbonyl (C=O) groups is 2. The number of hydrazone groups is 1. The van der Waals surface area contributed by atoms with E-state index in [1.807, 2.05) is 36.4 Å². The number of benzene rings is 3. The van der Waals surface area contributed by atoms with E-state index < -0.39 is 0 Å². The number of hydrogen-bond acceptors (Lipinski definition) is 6. The molecule has 214 valence electrons.